The van der Waals surface area contributed by atoms with Gasteiger partial charge in [0.1, 0.15) is 6.61 Å². The molecule has 1 N–H and O–H groups in total. The van der Waals surface area contributed by atoms with Gasteiger partial charge in [-0.3, -0.25) is 0 Å². The van der Waals surface area contributed by atoms with E-state index in [1.54, 1.807) is 6.07 Å². The fraction of sp³-hybridized carbons (Fsp3) is 0.235. The first-order chi connectivity index (χ1) is 10.6. The lowest BCUT2D eigenvalue weighted by Gasteiger charge is -2.14. The molecule has 2 aromatic rings. The molecule has 0 fully saturated rings. The molecule has 0 spiro atoms. The van der Waals surface area contributed by atoms with E-state index in [1.165, 1.54) is 11.8 Å². The van der Waals surface area contributed by atoms with Crippen LogP contribution in [0.2, 0.25) is 0 Å². The highest BCUT2D eigenvalue weighted by molar-refractivity contribution is 9.10. The quantitative estimate of drug-likeness (QED) is 0.465. The maximum Gasteiger partial charge on any atom is 0.162 e. The van der Waals surface area contributed by atoms with Crippen molar-refractivity contribution in [3.63, 3.8) is 0 Å². The fourth-order valence-electron chi connectivity index (χ4n) is 1.94. The third-order valence-corrected chi connectivity index (χ3v) is 3.76. The first-order valence-corrected chi connectivity index (χ1v) is 7.75. The predicted molar refractivity (Wildman–Crippen MR) is 90.2 cm³/mol. The molecule has 0 saturated heterocycles. The van der Waals surface area contributed by atoms with E-state index in [2.05, 4.69) is 40.1 Å². The Morgan fingerprint density at radius 2 is 1.82 bits per heavy atom. The lowest BCUT2D eigenvalue weighted by Crippen LogP contribution is -2.01. The van der Waals surface area contributed by atoms with Gasteiger partial charge in [0.05, 0.1) is 12.8 Å². The molecule has 0 atom stereocenters. The molecule has 2 aromatic carbocycles. The Morgan fingerprint density at radius 1 is 1.14 bits per heavy atom. The molecule has 0 radical (unpaired) electrons. The average molecular weight is 364 g/mol. The van der Waals surface area contributed by atoms with Crippen LogP contribution >= 0.6 is 15.9 Å². The van der Waals surface area contributed by atoms with Gasteiger partial charge in [-0.15, -0.1) is 0 Å². The molecule has 116 valence electrons. The van der Waals surface area contributed by atoms with Gasteiger partial charge < -0.3 is 14.7 Å². The highest BCUT2D eigenvalue weighted by Crippen LogP contribution is 2.33. The van der Waals surface area contributed by atoms with Gasteiger partial charge in [-0.2, -0.15) is 0 Å². The molecular weight excluding hydrogens is 346 g/mol. The van der Waals surface area contributed by atoms with Crippen molar-refractivity contribution in [1.82, 2.24) is 0 Å². The van der Waals surface area contributed by atoms with Gasteiger partial charge in [0, 0.05) is 10.0 Å². The normalized spacial score (nSPS) is 10.9. The van der Waals surface area contributed by atoms with Crippen LogP contribution in [0.4, 0.5) is 0 Å². The van der Waals surface area contributed by atoms with Gasteiger partial charge in [-0.1, -0.05) is 35.0 Å². The summed E-state index contributed by atoms with van der Waals surface area (Å²) < 4.78 is 12.2. The van der Waals surface area contributed by atoms with Crippen molar-refractivity contribution in [2.24, 2.45) is 5.16 Å². The summed E-state index contributed by atoms with van der Waals surface area (Å²) in [6.07, 6.45) is 1.34. The number of nitrogens with zero attached hydrogens (tertiary/aromatic N) is 1. The van der Waals surface area contributed by atoms with Crippen molar-refractivity contribution in [3.05, 3.63) is 57.6 Å². The molecule has 0 heterocycles. The van der Waals surface area contributed by atoms with Crippen LogP contribution in [0.15, 0.2) is 46.0 Å². The van der Waals surface area contributed by atoms with Gasteiger partial charge >= 0.3 is 0 Å². The highest BCUT2D eigenvalue weighted by Gasteiger charge is 2.10. The molecule has 0 aliphatic rings. The Morgan fingerprint density at radius 3 is 2.45 bits per heavy atom. The van der Waals surface area contributed by atoms with Crippen molar-refractivity contribution in [2.45, 2.75) is 20.5 Å². The first-order valence-electron chi connectivity index (χ1n) is 6.96. The number of ether oxygens (including phenoxy) is 2. The van der Waals surface area contributed by atoms with Gasteiger partial charge in [0.15, 0.2) is 11.5 Å². The Kier molecular flexibility index (Phi) is 5.83. The summed E-state index contributed by atoms with van der Waals surface area (Å²) in [5.74, 6) is 1.26. The molecular formula is C17H18BrNO3. The Labute approximate surface area is 138 Å². The monoisotopic (exact) mass is 363 g/mol. The summed E-state index contributed by atoms with van der Waals surface area (Å²) in [7, 11) is 0. The molecule has 0 saturated carbocycles. The molecule has 0 aliphatic carbocycles. The number of halogens is 1. The number of rotatable bonds is 6. The van der Waals surface area contributed by atoms with E-state index in [0.717, 1.165) is 10.0 Å². The smallest absolute Gasteiger partial charge is 0.162 e. The van der Waals surface area contributed by atoms with Crippen LogP contribution in [-0.4, -0.2) is 18.0 Å². The van der Waals surface area contributed by atoms with Crippen molar-refractivity contribution in [2.75, 3.05) is 6.61 Å². The fourth-order valence-corrected chi connectivity index (χ4v) is 2.36. The van der Waals surface area contributed by atoms with Gasteiger partial charge in [0.25, 0.3) is 0 Å². The van der Waals surface area contributed by atoms with Gasteiger partial charge in [-0.25, -0.2) is 0 Å². The third-order valence-electron chi connectivity index (χ3n) is 3.07. The number of oxime groups is 1. The van der Waals surface area contributed by atoms with Crippen molar-refractivity contribution < 1.29 is 14.7 Å². The molecule has 0 bridgehead atoms. The van der Waals surface area contributed by atoms with Crippen LogP contribution in [0.25, 0.3) is 0 Å². The summed E-state index contributed by atoms with van der Waals surface area (Å²) in [5.41, 5.74) is 3.02. The second kappa shape index (κ2) is 7.84. The number of aryl methyl sites for hydroxylation is 1. The number of benzene rings is 2. The summed E-state index contributed by atoms with van der Waals surface area (Å²) in [5, 5.41) is 11.7. The zero-order chi connectivity index (χ0) is 15.9. The number of hydrogen-bond donors (Lipinski definition) is 1. The van der Waals surface area contributed by atoms with E-state index in [9.17, 15) is 0 Å². The lowest BCUT2D eigenvalue weighted by atomic mass is 10.2. The molecule has 0 aliphatic heterocycles. The van der Waals surface area contributed by atoms with Crippen LogP contribution in [0.1, 0.15) is 23.6 Å². The minimum absolute atomic E-state index is 0.459. The SMILES string of the molecule is CCOc1cc(C=NO)c(Br)cc1OCc1ccc(C)cc1. The standard InChI is InChI=1S/C17H18BrNO3/c1-3-21-16-8-14(10-19-20)15(18)9-17(16)22-11-13-6-4-12(2)5-7-13/h4-10,20H,3,11H2,1-2H3. The van der Waals surface area contributed by atoms with Crippen LogP contribution in [0.3, 0.4) is 0 Å². The average Bonchev–Trinajstić information content (AvgIpc) is 2.51. The number of hydrogen-bond acceptors (Lipinski definition) is 4. The topological polar surface area (TPSA) is 51.0 Å². The molecule has 2 rings (SSSR count). The maximum atomic E-state index is 8.69. The second-order valence-corrected chi connectivity index (χ2v) is 5.63. The van der Waals surface area contributed by atoms with E-state index in [0.29, 0.717) is 30.3 Å². The van der Waals surface area contributed by atoms with E-state index in [-0.39, 0.29) is 0 Å². The maximum absolute atomic E-state index is 8.69. The Balaban J connectivity index is 2.21. The Bertz CT molecular complexity index is 654. The largest absolute Gasteiger partial charge is 0.490 e. The van der Waals surface area contributed by atoms with E-state index in [1.807, 2.05) is 25.1 Å². The lowest BCUT2D eigenvalue weighted by molar-refractivity contribution is 0.269. The molecule has 0 unspecified atom stereocenters. The molecule has 22 heavy (non-hydrogen) atoms. The van der Waals surface area contributed by atoms with E-state index >= 15 is 0 Å². The van der Waals surface area contributed by atoms with Crippen LogP contribution in [-0.2, 0) is 6.61 Å². The first kappa shape index (κ1) is 16.4. The molecule has 5 heteroatoms. The summed E-state index contributed by atoms with van der Waals surface area (Å²) >= 11 is 3.43. The van der Waals surface area contributed by atoms with Crippen LogP contribution in [0.5, 0.6) is 11.5 Å². The third kappa shape index (κ3) is 4.24. The van der Waals surface area contributed by atoms with Crippen molar-refractivity contribution >= 4 is 22.1 Å². The van der Waals surface area contributed by atoms with Crippen LogP contribution in [0, 0.1) is 6.92 Å². The zero-order valence-electron chi connectivity index (χ0n) is 12.5. The second-order valence-electron chi connectivity index (χ2n) is 4.77. The van der Waals surface area contributed by atoms with Crippen molar-refractivity contribution in [3.8, 4) is 11.5 Å². The van der Waals surface area contributed by atoms with E-state index in [4.69, 9.17) is 14.7 Å². The highest BCUT2D eigenvalue weighted by atomic mass is 79.9. The van der Waals surface area contributed by atoms with Gasteiger partial charge in [0.2, 0.25) is 0 Å². The molecule has 0 amide bonds. The minimum Gasteiger partial charge on any atom is -0.490 e. The molecule has 4 nitrogen and oxygen atoms in total. The zero-order valence-corrected chi connectivity index (χ0v) is 14.1. The van der Waals surface area contributed by atoms with Crippen molar-refractivity contribution in [1.29, 1.82) is 0 Å². The summed E-state index contributed by atoms with van der Waals surface area (Å²) in [6, 6.07) is 11.8. The van der Waals surface area contributed by atoms with Crippen LogP contribution < -0.4 is 9.47 Å². The predicted octanol–water partition coefficient (Wildman–Crippen LogP) is 4.54. The van der Waals surface area contributed by atoms with E-state index < -0.39 is 0 Å². The van der Waals surface area contributed by atoms with Gasteiger partial charge in [-0.05, 0) is 47.5 Å². The minimum atomic E-state index is 0.459. The summed E-state index contributed by atoms with van der Waals surface area (Å²) in [6.45, 7) is 4.94. The molecule has 0 aromatic heterocycles. The Hall–Kier alpha value is -2.01. The summed E-state index contributed by atoms with van der Waals surface area (Å²) in [4.78, 5) is 0.